The highest BCUT2D eigenvalue weighted by atomic mass is 32.2. The number of nitrogens with one attached hydrogen (secondary N) is 1. The van der Waals surface area contributed by atoms with E-state index in [1.807, 2.05) is 36.4 Å². The number of hydrogen-bond acceptors (Lipinski definition) is 11. The number of thioether (sulfide) groups is 1. The van der Waals surface area contributed by atoms with Gasteiger partial charge in [0.05, 0.1) is 11.2 Å². The molecule has 47 heavy (non-hydrogen) atoms. The van der Waals surface area contributed by atoms with Crippen LogP contribution in [0.5, 0.6) is 0 Å². The normalized spacial score (nSPS) is 28.5. The lowest BCUT2D eigenvalue weighted by molar-refractivity contribution is -0.181. The number of aliphatic imine (C=N–C) groups is 1. The molecule has 0 bridgehead atoms. The maximum atomic E-state index is 13.5. The van der Waals surface area contributed by atoms with Crippen molar-refractivity contribution in [3.63, 3.8) is 0 Å². The lowest BCUT2D eigenvalue weighted by atomic mass is 9.95. The Morgan fingerprint density at radius 3 is 2.17 bits per heavy atom. The van der Waals surface area contributed by atoms with Gasteiger partial charge in [-0.15, -0.1) is 11.8 Å². The van der Waals surface area contributed by atoms with Crippen LogP contribution >= 0.6 is 11.8 Å². The van der Waals surface area contributed by atoms with Gasteiger partial charge in [0.1, 0.15) is 28.9 Å². The number of amides is 3. The van der Waals surface area contributed by atoms with Gasteiger partial charge in [0.2, 0.25) is 24.5 Å². The third kappa shape index (κ3) is 5.38. The first-order valence-corrected chi connectivity index (χ1v) is 17.4. The van der Waals surface area contributed by atoms with E-state index in [0.29, 0.717) is 5.56 Å². The standard InChI is InChI=1S/C32H34N4O9S2/c1-31(2)24(29(40)44-17-45-30(41)25-32(3,4)47(42,43)21-15-20(37)35(21)25)36-27(39)23(28(36)46-31)34-26(38)22(19-13-9-6-10-14-19)33-16-18-11-7-5-8-12-18/h5-14,16,21-25,28H,15,17H2,1-4H3,(H,34,38)/t21-,22-,23-,24+,25+,28-/m1/s1. The fraction of sp³-hybridized carbons (Fsp3) is 0.438. The molecule has 0 aliphatic carbocycles. The number of fused-ring (bicyclic) bond motifs is 2. The molecule has 0 saturated carbocycles. The maximum absolute atomic E-state index is 13.5. The molecule has 0 unspecified atom stereocenters. The molecule has 1 N–H and O–H groups in total. The first-order chi connectivity index (χ1) is 22.2. The summed E-state index contributed by atoms with van der Waals surface area (Å²) in [6.07, 6.45) is 1.41. The van der Waals surface area contributed by atoms with E-state index in [4.69, 9.17) is 9.47 Å². The van der Waals surface area contributed by atoms with Gasteiger partial charge < -0.3 is 24.6 Å². The average Bonchev–Trinajstić information content (AvgIpc) is 3.35. The summed E-state index contributed by atoms with van der Waals surface area (Å²) in [7, 11) is -3.81. The van der Waals surface area contributed by atoms with E-state index in [9.17, 15) is 32.4 Å². The predicted octanol–water partition coefficient (Wildman–Crippen LogP) is 1.57. The minimum Gasteiger partial charge on any atom is -0.426 e. The largest absolute Gasteiger partial charge is 0.426 e. The Labute approximate surface area is 276 Å². The molecule has 15 heteroatoms. The molecule has 13 nitrogen and oxygen atoms in total. The molecule has 248 valence electrons. The highest BCUT2D eigenvalue weighted by molar-refractivity contribution is 8.01. The fourth-order valence-corrected chi connectivity index (χ4v) is 10.3. The van der Waals surface area contributed by atoms with Crippen LogP contribution in [0.2, 0.25) is 0 Å². The number of nitrogens with zero attached hydrogens (tertiary/aromatic N) is 3. The van der Waals surface area contributed by atoms with Gasteiger partial charge in [-0.1, -0.05) is 60.7 Å². The molecule has 0 spiro atoms. The zero-order valence-corrected chi connectivity index (χ0v) is 27.7. The van der Waals surface area contributed by atoms with E-state index in [1.54, 1.807) is 44.3 Å². The Morgan fingerprint density at radius 2 is 1.55 bits per heavy atom. The molecular weight excluding hydrogens is 649 g/mol. The van der Waals surface area contributed by atoms with Crippen molar-refractivity contribution in [1.29, 1.82) is 0 Å². The number of β-lactam (4-membered cyclic amide) rings is 2. The number of benzene rings is 2. The summed E-state index contributed by atoms with van der Waals surface area (Å²) in [4.78, 5) is 72.1. The van der Waals surface area contributed by atoms with Crippen LogP contribution in [0.1, 0.15) is 51.3 Å². The van der Waals surface area contributed by atoms with E-state index >= 15 is 0 Å². The molecule has 3 amide bonds. The average molecular weight is 683 g/mol. The van der Waals surface area contributed by atoms with Gasteiger partial charge in [0, 0.05) is 11.0 Å². The van der Waals surface area contributed by atoms with Crippen LogP contribution in [0.3, 0.4) is 0 Å². The van der Waals surface area contributed by atoms with Crippen LogP contribution in [0.4, 0.5) is 0 Å². The topological polar surface area (TPSA) is 169 Å². The lowest BCUT2D eigenvalue weighted by Gasteiger charge is -2.44. The lowest BCUT2D eigenvalue weighted by Crippen LogP contribution is -2.71. The summed E-state index contributed by atoms with van der Waals surface area (Å²) in [6.45, 7) is 5.40. The predicted molar refractivity (Wildman–Crippen MR) is 170 cm³/mol. The van der Waals surface area contributed by atoms with Crippen molar-refractivity contribution >= 4 is 57.5 Å². The maximum Gasteiger partial charge on any atom is 0.333 e. The number of hydrogen-bond donors (Lipinski definition) is 1. The third-order valence-corrected chi connectivity index (χ3v) is 13.5. The van der Waals surface area contributed by atoms with Crippen molar-refractivity contribution in [2.75, 3.05) is 6.79 Å². The molecule has 2 aromatic carbocycles. The van der Waals surface area contributed by atoms with E-state index in [0.717, 1.165) is 10.5 Å². The second kappa shape index (κ2) is 11.8. The van der Waals surface area contributed by atoms with E-state index in [1.165, 1.54) is 30.5 Å². The van der Waals surface area contributed by atoms with Gasteiger partial charge in [-0.3, -0.25) is 19.4 Å². The molecule has 4 aliphatic rings. The Balaban J connectivity index is 1.09. The third-order valence-electron chi connectivity index (χ3n) is 9.10. The second-order valence-electron chi connectivity index (χ2n) is 12.8. The first kappa shape index (κ1) is 32.7. The Bertz CT molecular complexity index is 1760. The summed E-state index contributed by atoms with van der Waals surface area (Å²) >= 11 is 1.33. The highest BCUT2D eigenvalue weighted by Crippen LogP contribution is 2.51. The molecule has 4 heterocycles. The molecule has 4 aliphatic heterocycles. The van der Waals surface area contributed by atoms with Crippen molar-refractivity contribution in [2.45, 2.75) is 78.5 Å². The Kier molecular flexibility index (Phi) is 8.19. The van der Waals surface area contributed by atoms with Crippen LogP contribution in [-0.2, 0) is 43.3 Å². The zero-order valence-electron chi connectivity index (χ0n) is 26.1. The Hall–Kier alpha value is -4.24. The molecule has 0 aromatic heterocycles. The summed E-state index contributed by atoms with van der Waals surface area (Å²) in [5.41, 5.74) is 1.45. The Morgan fingerprint density at radius 1 is 0.957 bits per heavy atom. The molecule has 0 radical (unpaired) electrons. The molecule has 6 atom stereocenters. The monoisotopic (exact) mass is 682 g/mol. The highest BCUT2D eigenvalue weighted by Gasteiger charge is 2.68. The molecule has 6 rings (SSSR count). The van der Waals surface area contributed by atoms with Crippen molar-refractivity contribution in [2.24, 2.45) is 4.99 Å². The number of carbonyl (C=O) groups excluding carboxylic acids is 5. The van der Waals surface area contributed by atoms with Gasteiger partial charge in [-0.25, -0.2) is 18.0 Å². The summed E-state index contributed by atoms with van der Waals surface area (Å²) in [5.74, 6) is -3.26. The number of esters is 2. The molecule has 4 fully saturated rings. The zero-order chi connectivity index (χ0) is 33.9. The van der Waals surface area contributed by atoms with Gasteiger partial charge >= 0.3 is 11.9 Å². The SMILES string of the molecule is CC1(C)S[C@@H]2[C@H](NC(=O)[C@H](N=Cc3ccccc3)c3ccccc3)C(=O)N2[C@H]1C(=O)OCOC(=O)[C@@H]1N2C(=O)C[C@H]2S(=O)(=O)C1(C)C. The van der Waals surface area contributed by atoms with Crippen molar-refractivity contribution in [1.82, 2.24) is 15.1 Å². The number of carbonyl (C=O) groups is 5. The van der Waals surface area contributed by atoms with E-state index < -0.39 is 90.7 Å². The van der Waals surface area contributed by atoms with Crippen LogP contribution in [0, 0.1) is 0 Å². The van der Waals surface area contributed by atoms with Crippen molar-refractivity contribution in [3.8, 4) is 0 Å². The quantitative estimate of drug-likeness (QED) is 0.177. The molecule has 2 aromatic rings. The minimum atomic E-state index is -3.81. The van der Waals surface area contributed by atoms with Crippen molar-refractivity contribution < 1.29 is 41.9 Å². The van der Waals surface area contributed by atoms with Gasteiger partial charge in [0.15, 0.2) is 15.9 Å². The number of rotatable bonds is 9. The summed E-state index contributed by atoms with van der Waals surface area (Å²) in [6, 6.07) is 14.0. The van der Waals surface area contributed by atoms with Crippen LogP contribution in [0.15, 0.2) is 65.7 Å². The number of sulfone groups is 1. The van der Waals surface area contributed by atoms with Gasteiger partial charge in [0.25, 0.3) is 0 Å². The molecular formula is C32H34N4O9S2. The first-order valence-electron chi connectivity index (χ1n) is 15.0. The van der Waals surface area contributed by atoms with Crippen molar-refractivity contribution in [3.05, 3.63) is 71.8 Å². The minimum absolute atomic E-state index is 0.195. The number of ether oxygens (including phenoxy) is 2. The smallest absolute Gasteiger partial charge is 0.333 e. The van der Waals surface area contributed by atoms with E-state index in [2.05, 4.69) is 10.3 Å². The van der Waals surface area contributed by atoms with Gasteiger partial charge in [-0.2, -0.15) is 0 Å². The molecule has 4 saturated heterocycles. The summed E-state index contributed by atoms with van der Waals surface area (Å²) in [5, 5.41) is 1.18. The van der Waals surface area contributed by atoms with E-state index in [-0.39, 0.29) is 6.42 Å². The van der Waals surface area contributed by atoms with Crippen LogP contribution in [0.25, 0.3) is 0 Å². The van der Waals surface area contributed by atoms with Gasteiger partial charge in [-0.05, 0) is 38.8 Å². The van der Waals surface area contributed by atoms with Crippen LogP contribution < -0.4 is 5.32 Å². The fourth-order valence-electron chi connectivity index (χ4n) is 6.51. The van der Waals surface area contributed by atoms with Crippen LogP contribution in [-0.4, -0.2) is 99.3 Å². The summed E-state index contributed by atoms with van der Waals surface area (Å²) < 4.78 is 33.6. The second-order valence-corrected chi connectivity index (χ2v) is 17.3.